The normalized spacial score (nSPS) is 28.8. The van der Waals surface area contributed by atoms with E-state index >= 15 is 0 Å². The van der Waals surface area contributed by atoms with Crippen LogP contribution >= 0.6 is 0 Å². The van der Waals surface area contributed by atoms with Gasteiger partial charge in [-0.25, -0.2) is 4.98 Å². The first-order valence-corrected chi connectivity index (χ1v) is 10.3. The van der Waals surface area contributed by atoms with Gasteiger partial charge in [0, 0.05) is 49.1 Å². The van der Waals surface area contributed by atoms with Crippen molar-refractivity contribution in [1.29, 1.82) is 0 Å². The average molecular weight is 380 g/mol. The summed E-state index contributed by atoms with van der Waals surface area (Å²) in [5.74, 6) is 1.79. The molecule has 28 heavy (non-hydrogen) atoms. The van der Waals surface area contributed by atoms with Gasteiger partial charge in [0.15, 0.2) is 5.69 Å². The lowest BCUT2D eigenvalue weighted by Gasteiger charge is -2.49. The van der Waals surface area contributed by atoms with Crippen LogP contribution in [-0.4, -0.2) is 49.6 Å². The highest BCUT2D eigenvalue weighted by atomic mass is 16.2. The molecule has 2 aliphatic carbocycles. The highest BCUT2D eigenvalue weighted by Crippen LogP contribution is 2.47. The third kappa shape index (κ3) is 2.17. The molecule has 2 amide bonds. The largest absolute Gasteiger partial charge is 0.341 e. The molecule has 8 nitrogen and oxygen atoms in total. The predicted octanol–water partition coefficient (Wildman–Crippen LogP) is 1.16. The number of amides is 2. The molecule has 1 unspecified atom stereocenters. The topological polar surface area (TPSA) is 95.9 Å². The van der Waals surface area contributed by atoms with Crippen molar-refractivity contribution in [2.24, 2.45) is 11.8 Å². The zero-order valence-corrected chi connectivity index (χ0v) is 15.9. The smallest absolute Gasteiger partial charge is 0.272 e. The van der Waals surface area contributed by atoms with E-state index in [4.69, 9.17) is 0 Å². The molecule has 4 heterocycles. The molecule has 4 aliphatic rings. The summed E-state index contributed by atoms with van der Waals surface area (Å²) in [6.07, 6.45) is 8.52. The molecular formula is C20H24N6O2. The van der Waals surface area contributed by atoms with Crippen LogP contribution in [0.4, 0.5) is 0 Å². The minimum atomic E-state index is -0.145. The Bertz CT molecular complexity index is 985. The Morgan fingerprint density at radius 2 is 2.14 bits per heavy atom. The van der Waals surface area contributed by atoms with E-state index < -0.39 is 0 Å². The number of rotatable bonds is 3. The quantitative estimate of drug-likeness (QED) is 0.835. The van der Waals surface area contributed by atoms with Crippen LogP contribution in [0.15, 0.2) is 12.4 Å². The number of aromatic nitrogens is 4. The second kappa shape index (κ2) is 5.46. The van der Waals surface area contributed by atoms with Crippen molar-refractivity contribution >= 4 is 11.8 Å². The van der Waals surface area contributed by atoms with E-state index in [1.54, 1.807) is 6.20 Å². The highest BCUT2D eigenvalue weighted by molar-refractivity contribution is 5.94. The number of fused-ring (bicyclic) bond motifs is 3. The molecule has 2 aliphatic heterocycles. The van der Waals surface area contributed by atoms with Gasteiger partial charge >= 0.3 is 0 Å². The van der Waals surface area contributed by atoms with Crippen molar-refractivity contribution in [3.8, 4) is 0 Å². The molecule has 1 saturated heterocycles. The summed E-state index contributed by atoms with van der Waals surface area (Å²) in [7, 11) is 0. The van der Waals surface area contributed by atoms with Gasteiger partial charge in [0.2, 0.25) is 5.91 Å². The Morgan fingerprint density at radius 1 is 1.32 bits per heavy atom. The third-order valence-electron chi connectivity index (χ3n) is 7.11. The molecule has 8 heteroatoms. The molecule has 0 radical (unpaired) electrons. The number of imidazole rings is 1. The van der Waals surface area contributed by atoms with E-state index in [0.717, 1.165) is 49.2 Å². The van der Waals surface area contributed by atoms with Gasteiger partial charge in [0.25, 0.3) is 5.91 Å². The maximum Gasteiger partial charge on any atom is 0.272 e. The highest BCUT2D eigenvalue weighted by Gasteiger charge is 2.56. The van der Waals surface area contributed by atoms with Crippen LogP contribution in [0.25, 0.3) is 0 Å². The summed E-state index contributed by atoms with van der Waals surface area (Å²) < 4.78 is 2.17. The number of nitrogens with one attached hydrogen (secondary N) is 2. The van der Waals surface area contributed by atoms with Gasteiger partial charge in [-0.2, -0.15) is 5.10 Å². The van der Waals surface area contributed by atoms with Gasteiger partial charge in [-0.05, 0) is 31.6 Å². The van der Waals surface area contributed by atoms with E-state index in [1.807, 2.05) is 11.1 Å². The minimum absolute atomic E-state index is 0.130. The number of likely N-dealkylation sites (tertiary alicyclic amines) is 1. The minimum Gasteiger partial charge on any atom is -0.341 e. The van der Waals surface area contributed by atoms with Crippen LogP contribution in [0.5, 0.6) is 0 Å². The lowest BCUT2D eigenvalue weighted by molar-refractivity contribution is -0.143. The summed E-state index contributed by atoms with van der Waals surface area (Å²) in [4.78, 5) is 31.9. The Labute approximate surface area is 162 Å². The number of aryl methyl sites for hydroxylation is 1. The maximum atomic E-state index is 12.9. The Balaban J connectivity index is 1.19. The summed E-state index contributed by atoms with van der Waals surface area (Å²) in [5, 5.41) is 10.4. The zero-order valence-electron chi connectivity index (χ0n) is 15.9. The number of nitrogens with zero attached hydrogens (tertiary/aromatic N) is 4. The van der Waals surface area contributed by atoms with E-state index in [0.29, 0.717) is 30.6 Å². The standard InChI is InChI=1S/C20H24N6O2/c1-11-7-13(11)19(28)25-9-20(10-25)8-15(17-21-5-6-26(17)20)22-18(27)16-12-3-2-4-14(12)23-24-16/h5-6,11,13,15H,2-4,7-10H2,1H3,(H,22,27)(H,23,24)/t11-,13-,15?/m1/s1. The number of hydrogen-bond donors (Lipinski definition) is 2. The lowest BCUT2D eigenvalue weighted by Crippen LogP contribution is -2.63. The van der Waals surface area contributed by atoms with E-state index in [9.17, 15) is 9.59 Å². The number of aromatic amines is 1. The average Bonchev–Trinajstić information content (AvgIpc) is 3.12. The van der Waals surface area contributed by atoms with Gasteiger partial charge in [0.05, 0.1) is 11.6 Å². The number of H-pyrrole nitrogens is 1. The Kier molecular flexibility index (Phi) is 3.18. The third-order valence-corrected chi connectivity index (χ3v) is 7.11. The number of carbonyl (C=O) groups is 2. The molecule has 0 bridgehead atoms. The van der Waals surface area contributed by atoms with E-state index in [1.165, 1.54) is 0 Å². The van der Waals surface area contributed by atoms with Crippen molar-refractivity contribution in [2.45, 2.75) is 50.6 Å². The molecule has 1 spiro atoms. The molecule has 0 aromatic carbocycles. The van der Waals surface area contributed by atoms with Crippen LogP contribution in [-0.2, 0) is 23.2 Å². The summed E-state index contributed by atoms with van der Waals surface area (Å²) in [6, 6.07) is -0.145. The van der Waals surface area contributed by atoms with Crippen molar-refractivity contribution in [3.05, 3.63) is 35.2 Å². The molecular weight excluding hydrogens is 356 g/mol. The maximum absolute atomic E-state index is 12.9. The summed E-state index contributed by atoms with van der Waals surface area (Å²) >= 11 is 0. The molecule has 2 aromatic heterocycles. The van der Waals surface area contributed by atoms with Crippen LogP contribution in [0, 0.1) is 11.8 Å². The molecule has 2 aromatic rings. The number of carbonyl (C=O) groups excluding carboxylic acids is 2. The Morgan fingerprint density at radius 3 is 2.93 bits per heavy atom. The van der Waals surface area contributed by atoms with Gasteiger partial charge in [-0.3, -0.25) is 14.7 Å². The van der Waals surface area contributed by atoms with Crippen LogP contribution < -0.4 is 5.32 Å². The molecule has 2 N–H and O–H groups in total. The van der Waals surface area contributed by atoms with Crippen molar-refractivity contribution in [1.82, 2.24) is 30.0 Å². The first-order valence-electron chi connectivity index (χ1n) is 10.3. The SMILES string of the molecule is C[C@@H]1C[C@H]1C(=O)N1CC2(CC(NC(=O)c3n[nH]c4c3CCC4)c3nccn32)C1. The van der Waals surface area contributed by atoms with Gasteiger partial charge in [-0.1, -0.05) is 6.92 Å². The van der Waals surface area contributed by atoms with Crippen molar-refractivity contribution in [2.75, 3.05) is 13.1 Å². The predicted molar refractivity (Wildman–Crippen MR) is 99.5 cm³/mol. The summed E-state index contributed by atoms with van der Waals surface area (Å²) in [6.45, 7) is 3.56. The second-order valence-corrected chi connectivity index (χ2v) is 9.01. The van der Waals surface area contributed by atoms with Gasteiger partial charge in [0.1, 0.15) is 5.82 Å². The van der Waals surface area contributed by atoms with Gasteiger partial charge < -0.3 is 14.8 Å². The first-order chi connectivity index (χ1) is 13.6. The van der Waals surface area contributed by atoms with Crippen molar-refractivity contribution in [3.63, 3.8) is 0 Å². The molecule has 1 saturated carbocycles. The number of hydrogen-bond acceptors (Lipinski definition) is 4. The van der Waals surface area contributed by atoms with Gasteiger partial charge in [-0.15, -0.1) is 0 Å². The lowest BCUT2D eigenvalue weighted by atomic mass is 9.85. The monoisotopic (exact) mass is 380 g/mol. The molecule has 2 fully saturated rings. The van der Waals surface area contributed by atoms with Crippen LogP contribution in [0.1, 0.15) is 59.8 Å². The fourth-order valence-corrected chi connectivity index (χ4v) is 5.40. The van der Waals surface area contributed by atoms with Crippen LogP contribution in [0.3, 0.4) is 0 Å². The summed E-state index contributed by atoms with van der Waals surface area (Å²) in [5.41, 5.74) is 2.55. The molecule has 6 rings (SSSR count). The second-order valence-electron chi connectivity index (χ2n) is 9.01. The van der Waals surface area contributed by atoms with E-state index in [2.05, 4.69) is 32.0 Å². The Hall–Kier alpha value is -2.64. The first kappa shape index (κ1) is 16.3. The molecule has 146 valence electrons. The fourth-order valence-electron chi connectivity index (χ4n) is 5.40. The zero-order chi connectivity index (χ0) is 19.0. The van der Waals surface area contributed by atoms with Crippen molar-refractivity contribution < 1.29 is 9.59 Å². The van der Waals surface area contributed by atoms with E-state index in [-0.39, 0.29) is 23.4 Å². The molecule has 3 atom stereocenters. The van der Waals surface area contributed by atoms with Crippen LogP contribution in [0.2, 0.25) is 0 Å². The fraction of sp³-hybridized carbons (Fsp3) is 0.600.